The van der Waals surface area contributed by atoms with E-state index >= 15 is 0 Å². The molecule has 23 heavy (non-hydrogen) atoms. The molecule has 5 nitrogen and oxygen atoms in total. The maximum atomic E-state index is 5.70. The molecule has 0 saturated heterocycles. The Hall–Kier alpha value is -0.200. The number of ether oxygens (including phenoxy) is 5. The molecule has 0 rings (SSSR count). The summed E-state index contributed by atoms with van der Waals surface area (Å²) in [5, 5.41) is 0. The molecule has 0 aromatic rings. The smallest absolute Gasteiger partial charge is 0.0700 e. The number of hydrogen-bond donors (Lipinski definition) is 0. The van der Waals surface area contributed by atoms with Gasteiger partial charge >= 0.3 is 0 Å². The van der Waals surface area contributed by atoms with E-state index in [1.54, 1.807) is 0 Å². The fourth-order valence-corrected chi connectivity index (χ4v) is 1.87. The third-order valence-corrected chi connectivity index (χ3v) is 3.14. The van der Waals surface area contributed by atoms with Crippen molar-refractivity contribution < 1.29 is 23.7 Å². The van der Waals surface area contributed by atoms with Crippen LogP contribution in [0.4, 0.5) is 0 Å². The Kier molecular flexibility index (Phi) is 19.7. The molecule has 0 atom stereocenters. The summed E-state index contributed by atoms with van der Waals surface area (Å²) >= 11 is 0. The molecule has 5 heteroatoms. The van der Waals surface area contributed by atoms with Crippen LogP contribution in [0.15, 0.2) is 0 Å². The van der Waals surface area contributed by atoms with Gasteiger partial charge in [0, 0.05) is 25.7 Å². The van der Waals surface area contributed by atoms with Gasteiger partial charge in [-0.15, -0.1) is 0 Å². The predicted molar refractivity (Wildman–Crippen MR) is 93.1 cm³/mol. The number of hydrogen-bond acceptors (Lipinski definition) is 5. The van der Waals surface area contributed by atoms with Crippen LogP contribution in [0.25, 0.3) is 0 Å². The van der Waals surface area contributed by atoms with Crippen molar-refractivity contribution in [2.75, 3.05) is 66.1 Å². The first-order valence-electron chi connectivity index (χ1n) is 9.23. The average Bonchev–Trinajstić information content (AvgIpc) is 2.57. The van der Waals surface area contributed by atoms with Crippen LogP contribution in [0.5, 0.6) is 0 Å². The second-order valence-corrected chi connectivity index (χ2v) is 5.67. The topological polar surface area (TPSA) is 46.2 Å². The summed E-state index contributed by atoms with van der Waals surface area (Å²) < 4.78 is 27.9. The molecule has 0 radical (unpaired) electrons. The molecule has 0 aliphatic rings. The summed E-state index contributed by atoms with van der Waals surface area (Å²) in [5.41, 5.74) is 0. The lowest BCUT2D eigenvalue weighted by atomic mass is 10.2. The summed E-state index contributed by atoms with van der Waals surface area (Å²) in [6.07, 6.45) is 4.34. The van der Waals surface area contributed by atoms with E-state index in [4.69, 9.17) is 23.7 Å². The van der Waals surface area contributed by atoms with Crippen LogP contribution in [0, 0.1) is 5.92 Å². The highest BCUT2D eigenvalue weighted by Crippen LogP contribution is 2.02. The normalized spacial score (nSPS) is 11.5. The standard InChI is InChI=1S/C18H38O5/c1-4-7-10-21-15-18(16-22-13-11-19-8-5-2)17-23-14-12-20-9-6-3/h18H,4-17H2,1-3H3. The van der Waals surface area contributed by atoms with E-state index in [2.05, 4.69) is 20.8 Å². The molecule has 0 saturated carbocycles. The van der Waals surface area contributed by atoms with E-state index < -0.39 is 0 Å². The van der Waals surface area contributed by atoms with E-state index in [-0.39, 0.29) is 5.92 Å². The van der Waals surface area contributed by atoms with E-state index in [0.717, 1.165) is 45.5 Å². The van der Waals surface area contributed by atoms with Crippen molar-refractivity contribution >= 4 is 0 Å². The summed E-state index contributed by atoms with van der Waals surface area (Å²) in [6.45, 7) is 13.3. The zero-order valence-corrected chi connectivity index (χ0v) is 15.5. The van der Waals surface area contributed by atoms with Crippen molar-refractivity contribution in [3.05, 3.63) is 0 Å². The van der Waals surface area contributed by atoms with E-state index in [1.165, 1.54) is 0 Å². The summed E-state index contributed by atoms with van der Waals surface area (Å²) in [4.78, 5) is 0. The monoisotopic (exact) mass is 334 g/mol. The SMILES string of the molecule is CCCCOCC(COCCOCCC)COCCOCCC. The highest BCUT2D eigenvalue weighted by molar-refractivity contribution is 4.56. The molecular weight excluding hydrogens is 296 g/mol. The third-order valence-electron chi connectivity index (χ3n) is 3.14. The molecule has 140 valence electrons. The molecule has 0 amide bonds. The fourth-order valence-electron chi connectivity index (χ4n) is 1.87. The van der Waals surface area contributed by atoms with Crippen molar-refractivity contribution in [1.29, 1.82) is 0 Å². The number of unbranched alkanes of at least 4 members (excludes halogenated alkanes) is 1. The second kappa shape index (κ2) is 19.8. The second-order valence-electron chi connectivity index (χ2n) is 5.67. The van der Waals surface area contributed by atoms with Crippen LogP contribution in [0.2, 0.25) is 0 Å². The third kappa shape index (κ3) is 18.0. The first-order chi connectivity index (χ1) is 11.3. The van der Waals surface area contributed by atoms with Gasteiger partial charge in [-0.05, 0) is 19.3 Å². The van der Waals surface area contributed by atoms with Crippen molar-refractivity contribution in [2.45, 2.75) is 46.5 Å². The van der Waals surface area contributed by atoms with Gasteiger partial charge in [-0.1, -0.05) is 27.2 Å². The Morgan fingerprint density at radius 3 is 1.35 bits per heavy atom. The lowest BCUT2D eigenvalue weighted by molar-refractivity contribution is -0.0295. The minimum absolute atomic E-state index is 0.268. The molecule has 0 aromatic carbocycles. The van der Waals surface area contributed by atoms with Crippen molar-refractivity contribution in [3.8, 4) is 0 Å². The lowest BCUT2D eigenvalue weighted by Gasteiger charge is -2.18. The zero-order chi connectivity index (χ0) is 17.0. The molecule has 0 unspecified atom stereocenters. The highest BCUT2D eigenvalue weighted by atomic mass is 16.5. The summed E-state index contributed by atoms with van der Waals surface area (Å²) in [5.74, 6) is 0.268. The minimum atomic E-state index is 0.268. The van der Waals surface area contributed by atoms with Gasteiger partial charge in [0.25, 0.3) is 0 Å². The maximum absolute atomic E-state index is 5.70. The Balaban J connectivity index is 3.70. The van der Waals surface area contributed by atoms with Gasteiger partial charge in [-0.3, -0.25) is 0 Å². The molecule has 0 spiro atoms. The summed E-state index contributed by atoms with van der Waals surface area (Å²) in [7, 11) is 0. The fraction of sp³-hybridized carbons (Fsp3) is 1.00. The molecule has 0 N–H and O–H groups in total. The van der Waals surface area contributed by atoms with Crippen molar-refractivity contribution in [3.63, 3.8) is 0 Å². The van der Waals surface area contributed by atoms with Crippen molar-refractivity contribution in [1.82, 2.24) is 0 Å². The van der Waals surface area contributed by atoms with Gasteiger partial charge in [0.1, 0.15) is 0 Å². The Labute approximate surface area is 143 Å². The van der Waals surface area contributed by atoms with Crippen LogP contribution >= 0.6 is 0 Å². The lowest BCUT2D eigenvalue weighted by Crippen LogP contribution is -2.24. The van der Waals surface area contributed by atoms with Gasteiger partial charge in [-0.25, -0.2) is 0 Å². The summed E-state index contributed by atoms with van der Waals surface area (Å²) in [6, 6.07) is 0. The Morgan fingerprint density at radius 1 is 0.478 bits per heavy atom. The zero-order valence-electron chi connectivity index (χ0n) is 15.5. The van der Waals surface area contributed by atoms with E-state index in [1.807, 2.05) is 0 Å². The largest absolute Gasteiger partial charge is 0.381 e. The molecule has 0 aliphatic heterocycles. The predicted octanol–water partition coefficient (Wildman–Crippen LogP) is 3.31. The van der Waals surface area contributed by atoms with Gasteiger partial charge < -0.3 is 23.7 Å². The minimum Gasteiger partial charge on any atom is -0.381 e. The van der Waals surface area contributed by atoms with Crippen LogP contribution in [-0.4, -0.2) is 66.1 Å². The molecule has 0 heterocycles. The number of rotatable bonds is 19. The van der Waals surface area contributed by atoms with Crippen LogP contribution in [0.3, 0.4) is 0 Å². The van der Waals surface area contributed by atoms with Gasteiger partial charge in [0.15, 0.2) is 0 Å². The first kappa shape index (κ1) is 22.8. The Morgan fingerprint density at radius 2 is 0.913 bits per heavy atom. The van der Waals surface area contributed by atoms with Crippen molar-refractivity contribution in [2.24, 2.45) is 5.92 Å². The van der Waals surface area contributed by atoms with Gasteiger partial charge in [-0.2, -0.15) is 0 Å². The molecular formula is C18H38O5. The molecule has 0 fully saturated rings. The van der Waals surface area contributed by atoms with Gasteiger partial charge in [0.05, 0.1) is 46.2 Å². The van der Waals surface area contributed by atoms with E-state index in [9.17, 15) is 0 Å². The molecule has 0 aliphatic carbocycles. The first-order valence-corrected chi connectivity index (χ1v) is 9.23. The van der Waals surface area contributed by atoms with Gasteiger partial charge in [0.2, 0.25) is 0 Å². The van der Waals surface area contributed by atoms with E-state index in [0.29, 0.717) is 46.2 Å². The Bertz CT molecular complexity index is 198. The molecule has 0 bridgehead atoms. The quantitative estimate of drug-likeness (QED) is 0.339. The van der Waals surface area contributed by atoms with Crippen LogP contribution in [0.1, 0.15) is 46.5 Å². The maximum Gasteiger partial charge on any atom is 0.0700 e. The van der Waals surface area contributed by atoms with Crippen LogP contribution < -0.4 is 0 Å². The molecule has 0 aromatic heterocycles. The van der Waals surface area contributed by atoms with Crippen LogP contribution in [-0.2, 0) is 23.7 Å². The average molecular weight is 334 g/mol. The highest BCUT2D eigenvalue weighted by Gasteiger charge is 2.10.